The second-order valence-electron chi connectivity index (χ2n) is 12.9. The molecule has 1 aliphatic carbocycles. The fourth-order valence-corrected chi connectivity index (χ4v) is 9.53. The molecule has 4 aromatic rings. The molecule has 0 saturated carbocycles. The number of nitrogens with zero attached hydrogens (tertiary/aromatic N) is 1. The summed E-state index contributed by atoms with van der Waals surface area (Å²) in [5.74, 6) is 0.730. The van der Waals surface area contributed by atoms with Gasteiger partial charge in [-0.25, -0.2) is 0 Å². The Morgan fingerprint density at radius 3 is 2.28 bits per heavy atom. The van der Waals surface area contributed by atoms with Gasteiger partial charge in [0.2, 0.25) is 5.69 Å². The maximum absolute atomic E-state index is 2.57. The lowest BCUT2D eigenvalue weighted by Crippen LogP contribution is -2.35. The highest BCUT2D eigenvalue weighted by molar-refractivity contribution is 6.77. The summed E-state index contributed by atoms with van der Waals surface area (Å²) in [5, 5.41) is 2.76. The highest BCUT2D eigenvalue weighted by atomic mass is 28.3. The zero-order valence-corrected chi connectivity index (χ0v) is 24.1. The number of hydrogen-bond acceptors (Lipinski definition) is 0. The normalized spacial score (nSPS) is 18.3. The van der Waals surface area contributed by atoms with Crippen molar-refractivity contribution in [2.24, 2.45) is 7.05 Å². The van der Waals surface area contributed by atoms with Gasteiger partial charge in [0.15, 0.2) is 5.69 Å². The summed E-state index contributed by atoms with van der Waals surface area (Å²) in [6.07, 6.45) is 2.74. The Labute approximate surface area is 218 Å². The zero-order chi connectivity index (χ0) is 25.4. The van der Waals surface area contributed by atoms with E-state index in [2.05, 4.69) is 113 Å². The molecule has 3 aromatic carbocycles. The zero-order valence-electron chi connectivity index (χ0n) is 23.1. The summed E-state index contributed by atoms with van der Waals surface area (Å²) in [7, 11) is 1.29. The van der Waals surface area contributed by atoms with Gasteiger partial charge >= 0.3 is 0 Å². The van der Waals surface area contributed by atoms with Crippen LogP contribution in [0.15, 0.2) is 60.7 Å². The molecule has 0 N–H and O–H groups in total. The van der Waals surface area contributed by atoms with Crippen molar-refractivity contribution < 1.29 is 4.57 Å². The second-order valence-corrected chi connectivity index (χ2v) is 18.2. The van der Waals surface area contributed by atoms with E-state index in [1.807, 2.05) is 0 Å². The van der Waals surface area contributed by atoms with Crippen LogP contribution in [-0.4, -0.2) is 8.07 Å². The van der Waals surface area contributed by atoms with Gasteiger partial charge in [-0.2, -0.15) is 4.57 Å². The van der Waals surface area contributed by atoms with Gasteiger partial charge < -0.3 is 0 Å². The van der Waals surface area contributed by atoms with E-state index in [1.54, 1.807) is 5.56 Å². The van der Waals surface area contributed by atoms with E-state index in [1.165, 1.54) is 80.5 Å². The van der Waals surface area contributed by atoms with Crippen LogP contribution >= 0.6 is 0 Å². The Morgan fingerprint density at radius 2 is 1.53 bits per heavy atom. The summed E-state index contributed by atoms with van der Waals surface area (Å²) in [5.41, 5.74) is 12.6. The van der Waals surface area contributed by atoms with Crippen molar-refractivity contribution in [3.8, 4) is 22.4 Å². The number of aromatic nitrogens is 1. The van der Waals surface area contributed by atoms with Crippen LogP contribution in [0.1, 0.15) is 60.6 Å². The number of hydrogen-bond donors (Lipinski definition) is 0. The molecule has 0 bridgehead atoms. The molecular weight excluding hydrogens is 450 g/mol. The van der Waals surface area contributed by atoms with Gasteiger partial charge in [0.05, 0.1) is 10.9 Å². The Kier molecular flexibility index (Phi) is 5.36. The molecule has 0 amide bonds. The molecule has 6 rings (SSSR count). The van der Waals surface area contributed by atoms with Crippen LogP contribution in [0.2, 0.25) is 25.2 Å². The van der Waals surface area contributed by atoms with Crippen molar-refractivity contribution in [3.63, 3.8) is 0 Å². The van der Waals surface area contributed by atoms with E-state index in [4.69, 9.17) is 0 Å². The van der Waals surface area contributed by atoms with Crippen molar-refractivity contribution in [2.75, 3.05) is 0 Å². The lowest BCUT2D eigenvalue weighted by Gasteiger charge is -2.33. The van der Waals surface area contributed by atoms with Gasteiger partial charge in [0.25, 0.3) is 0 Å². The smallest absolute Gasteiger partial charge is 0.198 e. The van der Waals surface area contributed by atoms with Crippen molar-refractivity contribution in [3.05, 3.63) is 88.6 Å². The average Bonchev–Trinajstić information content (AvgIpc) is 3.06. The van der Waals surface area contributed by atoms with Gasteiger partial charge in [0.1, 0.15) is 7.05 Å². The van der Waals surface area contributed by atoms with Crippen LogP contribution in [0, 0.1) is 13.8 Å². The van der Waals surface area contributed by atoms with E-state index in [0.717, 1.165) is 5.92 Å². The van der Waals surface area contributed by atoms with Gasteiger partial charge in [-0.15, -0.1) is 0 Å². The molecule has 1 aromatic heterocycles. The predicted molar refractivity (Wildman–Crippen MR) is 157 cm³/mol. The number of pyridine rings is 1. The molecule has 1 aliphatic heterocycles. The van der Waals surface area contributed by atoms with Crippen LogP contribution in [0.4, 0.5) is 0 Å². The molecule has 184 valence electrons. The van der Waals surface area contributed by atoms with Crippen LogP contribution in [0.5, 0.6) is 0 Å². The minimum absolute atomic E-state index is 0.0117. The summed E-state index contributed by atoms with van der Waals surface area (Å²) < 4.78 is 2.40. The summed E-state index contributed by atoms with van der Waals surface area (Å²) in [6, 6.07) is 26.6. The third kappa shape index (κ3) is 3.60. The van der Waals surface area contributed by atoms with Crippen LogP contribution in [-0.2, 0) is 12.5 Å². The standard InChI is InChI=1S/C34H40NSi/c1-22-18-30-28-10-8-9-11-31(28)34(3,4)32(30)21-29(22)33-27-13-12-25(20-26(27)19-23(2)35(33)5)24-14-16-36(6,7)17-15-24/h8-13,18-21,24H,14-17H2,1-7H3/q+1. The minimum atomic E-state index is -0.942. The first-order valence-electron chi connectivity index (χ1n) is 13.8. The van der Waals surface area contributed by atoms with Crippen molar-refractivity contribution in [2.45, 2.75) is 77.1 Å². The molecule has 2 heteroatoms. The van der Waals surface area contributed by atoms with Gasteiger partial charge in [-0.1, -0.05) is 81.5 Å². The van der Waals surface area contributed by atoms with Gasteiger partial charge in [-0.3, -0.25) is 0 Å². The van der Waals surface area contributed by atoms with E-state index in [-0.39, 0.29) is 5.41 Å². The Balaban J connectivity index is 1.50. The molecule has 0 atom stereocenters. The highest BCUT2D eigenvalue weighted by Gasteiger charge is 2.37. The van der Waals surface area contributed by atoms with Crippen molar-refractivity contribution in [1.29, 1.82) is 0 Å². The number of benzene rings is 3. The molecule has 0 unspecified atom stereocenters. The van der Waals surface area contributed by atoms with Gasteiger partial charge in [0, 0.05) is 26.5 Å². The number of fused-ring (bicyclic) bond motifs is 4. The minimum Gasteiger partial charge on any atom is -0.198 e. The van der Waals surface area contributed by atoms with E-state index >= 15 is 0 Å². The summed E-state index contributed by atoms with van der Waals surface area (Å²) >= 11 is 0. The predicted octanol–water partition coefficient (Wildman–Crippen LogP) is 8.84. The molecule has 1 nitrogen and oxygen atoms in total. The molecule has 36 heavy (non-hydrogen) atoms. The Morgan fingerprint density at radius 1 is 0.806 bits per heavy atom. The molecule has 0 radical (unpaired) electrons. The first kappa shape index (κ1) is 23.7. The fourth-order valence-electron chi connectivity index (χ4n) is 7.02. The third-order valence-electron chi connectivity index (χ3n) is 9.55. The molecule has 1 fully saturated rings. The summed E-state index contributed by atoms with van der Waals surface area (Å²) in [6.45, 7) is 14.4. The molecule has 0 spiro atoms. The van der Waals surface area contributed by atoms with Crippen LogP contribution < -0.4 is 4.57 Å². The van der Waals surface area contributed by atoms with Crippen LogP contribution in [0.25, 0.3) is 33.2 Å². The van der Waals surface area contributed by atoms with Crippen molar-refractivity contribution in [1.82, 2.24) is 0 Å². The molecule has 1 saturated heterocycles. The molecule has 2 heterocycles. The SMILES string of the molecule is Cc1cc2c(cc1-c1c3ccc(C4CC[Si](C)(C)CC4)cc3cc(C)[n+]1C)C(C)(C)c1ccccc1-2. The fraction of sp³-hybridized carbons (Fsp3) is 0.382. The van der Waals surface area contributed by atoms with Crippen LogP contribution in [0.3, 0.4) is 0 Å². The topological polar surface area (TPSA) is 3.88 Å². The van der Waals surface area contributed by atoms with Gasteiger partial charge in [-0.05, 0) is 76.6 Å². The maximum Gasteiger partial charge on any atom is 0.220 e. The van der Waals surface area contributed by atoms with E-state index in [9.17, 15) is 0 Å². The quantitative estimate of drug-likeness (QED) is 0.195. The van der Waals surface area contributed by atoms with E-state index < -0.39 is 8.07 Å². The number of aryl methyl sites for hydroxylation is 2. The lowest BCUT2D eigenvalue weighted by molar-refractivity contribution is -0.665. The third-order valence-corrected chi connectivity index (χ3v) is 12.8. The number of rotatable bonds is 2. The summed E-state index contributed by atoms with van der Waals surface area (Å²) in [4.78, 5) is 0. The Bertz CT molecular complexity index is 1510. The lowest BCUT2D eigenvalue weighted by atomic mass is 9.81. The van der Waals surface area contributed by atoms with Crippen molar-refractivity contribution >= 4 is 18.8 Å². The largest absolute Gasteiger partial charge is 0.220 e. The molecular formula is C34H40NSi+. The molecule has 2 aliphatic rings. The Hall–Kier alpha value is -2.71. The maximum atomic E-state index is 2.57. The second kappa shape index (κ2) is 8.15. The monoisotopic (exact) mass is 490 g/mol. The highest BCUT2D eigenvalue weighted by Crippen LogP contribution is 2.50. The first-order chi connectivity index (χ1) is 17.1. The average molecular weight is 491 g/mol. The first-order valence-corrected chi connectivity index (χ1v) is 17.2. The van der Waals surface area contributed by atoms with E-state index in [0.29, 0.717) is 0 Å².